The number of carbonyl (C=O) groups is 2. The number of halogens is 4. The fourth-order valence-electron chi connectivity index (χ4n) is 5.56. The monoisotopic (exact) mass is 633 g/mol. The maximum absolute atomic E-state index is 13.9. The van der Waals surface area contributed by atoms with E-state index in [0.29, 0.717) is 48.0 Å². The Bertz CT molecular complexity index is 1790. The molecule has 0 saturated carbocycles. The van der Waals surface area contributed by atoms with Gasteiger partial charge in [0.15, 0.2) is 0 Å². The molecule has 0 radical (unpaired) electrons. The maximum Gasteiger partial charge on any atom is 0.416 e. The highest BCUT2D eigenvalue weighted by molar-refractivity contribution is 6.09. The van der Waals surface area contributed by atoms with Gasteiger partial charge in [-0.15, -0.1) is 0 Å². The number of rotatable bonds is 6. The van der Waals surface area contributed by atoms with Crippen LogP contribution in [0.3, 0.4) is 0 Å². The molecule has 2 N–H and O–H groups in total. The molecule has 0 bridgehead atoms. The molecule has 13 heteroatoms. The van der Waals surface area contributed by atoms with E-state index in [0.717, 1.165) is 49.2 Å². The van der Waals surface area contributed by atoms with Crippen LogP contribution in [0.15, 0.2) is 66.9 Å². The van der Waals surface area contributed by atoms with Crippen molar-refractivity contribution >= 4 is 40.5 Å². The molecule has 238 valence electrons. The van der Waals surface area contributed by atoms with Gasteiger partial charge in [0.1, 0.15) is 5.82 Å². The fourth-order valence-corrected chi connectivity index (χ4v) is 5.56. The normalized spacial score (nSPS) is 15.5. The first-order chi connectivity index (χ1) is 21.9. The van der Waals surface area contributed by atoms with Gasteiger partial charge in [0.2, 0.25) is 5.95 Å². The number of nitrogens with zero attached hydrogens (tertiary/aromatic N) is 5. The number of aryl methyl sites for hydroxylation is 1. The summed E-state index contributed by atoms with van der Waals surface area (Å²) in [6.07, 6.45) is -2.88. The van der Waals surface area contributed by atoms with Gasteiger partial charge in [0.25, 0.3) is 11.8 Å². The molecule has 2 aliphatic heterocycles. The Hall–Kier alpha value is -5.04. The van der Waals surface area contributed by atoms with Gasteiger partial charge in [0.05, 0.1) is 16.8 Å². The summed E-state index contributed by atoms with van der Waals surface area (Å²) in [5.41, 5.74) is 2.64. The molecule has 3 aromatic carbocycles. The number of nitrogens with one attached hydrogen (secondary N) is 2. The molecule has 1 aromatic heterocycles. The summed E-state index contributed by atoms with van der Waals surface area (Å²) in [4.78, 5) is 41.5. The second kappa shape index (κ2) is 12.4. The van der Waals surface area contributed by atoms with Crippen LogP contribution >= 0.6 is 0 Å². The van der Waals surface area contributed by atoms with E-state index in [1.807, 2.05) is 12.1 Å². The standard InChI is InChI=1S/C33H31F4N7O2/c1-20-3-4-25(39-30(45)21-15-22(33(35,36)37)17-23(34)16-21)18-29(20)44-10-9-28-27(31(44)46)19-38-32(41-28)40-24-5-7-26(8-6-24)43-13-11-42(2)12-14-43/h3-8,15-19H,9-14H2,1-2H3,(H,39,45)(H,38,40,41). The molecule has 1 saturated heterocycles. The summed E-state index contributed by atoms with van der Waals surface area (Å²) in [6.45, 7) is 6.09. The summed E-state index contributed by atoms with van der Waals surface area (Å²) in [5.74, 6) is -2.05. The van der Waals surface area contributed by atoms with Crippen LogP contribution in [-0.2, 0) is 12.6 Å². The fraction of sp³-hybridized carbons (Fsp3) is 0.273. The van der Waals surface area contributed by atoms with Gasteiger partial charge in [0, 0.05) is 73.7 Å². The second-order valence-corrected chi connectivity index (χ2v) is 11.4. The van der Waals surface area contributed by atoms with Crippen molar-refractivity contribution in [1.29, 1.82) is 0 Å². The number of fused-ring (bicyclic) bond motifs is 1. The zero-order valence-electron chi connectivity index (χ0n) is 25.2. The van der Waals surface area contributed by atoms with Gasteiger partial charge in [-0.2, -0.15) is 13.2 Å². The lowest BCUT2D eigenvalue weighted by atomic mass is 10.0. The molecule has 0 aliphatic carbocycles. The first-order valence-corrected chi connectivity index (χ1v) is 14.7. The molecule has 6 rings (SSSR count). The predicted octanol–water partition coefficient (Wildman–Crippen LogP) is 5.89. The highest BCUT2D eigenvalue weighted by atomic mass is 19.4. The summed E-state index contributed by atoms with van der Waals surface area (Å²) in [7, 11) is 2.12. The van der Waals surface area contributed by atoms with Gasteiger partial charge in [-0.1, -0.05) is 6.07 Å². The maximum atomic E-state index is 13.9. The summed E-state index contributed by atoms with van der Waals surface area (Å²) >= 11 is 0. The van der Waals surface area contributed by atoms with Crippen LogP contribution < -0.4 is 20.4 Å². The summed E-state index contributed by atoms with van der Waals surface area (Å²) < 4.78 is 53.3. The lowest BCUT2D eigenvalue weighted by Gasteiger charge is -2.34. The first kappa shape index (κ1) is 31.0. The third-order valence-corrected chi connectivity index (χ3v) is 8.15. The first-order valence-electron chi connectivity index (χ1n) is 14.7. The van der Waals surface area contributed by atoms with E-state index >= 15 is 0 Å². The molecule has 2 amide bonds. The molecule has 4 aromatic rings. The van der Waals surface area contributed by atoms with E-state index in [9.17, 15) is 27.2 Å². The molecule has 1 fully saturated rings. The van der Waals surface area contributed by atoms with Crippen LogP contribution in [0, 0.1) is 12.7 Å². The molecular weight excluding hydrogens is 602 g/mol. The largest absolute Gasteiger partial charge is 0.416 e. The number of alkyl halides is 3. The summed E-state index contributed by atoms with van der Waals surface area (Å²) in [6, 6.07) is 14.5. The number of hydrogen-bond donors (Lipinski definition) is 2. The number of hydrogen-bond acceptors (Lipinski definition) is 7. The van der Waals surface area contributed by atoms with Crippen molar-refractivity contribution in [3.05, 3.63) is 101 Å². The minimum absolute atomic E-state index is 0.233. The van der Waals surface area contributed by atoms with Gasteiger partial charge >= 0.3 is 6.18 Å². The number of likely N-dealkylation sites (N-methyl/N-ethyl adjacent to an activating group) is 1. The molecular formula is C33H31F4N7O2. The Morgan fingerprint density at radius 3 is 2.35 bits per heavy atom. The van der Waals surface area contributed by atoms with Gasteiger partial charge in [-0.3, -0.25) is 9.59 Å². The predicted molar refractivity (Wildman–Crippen MR) is 167 cm³/mol. The Balaban J connectivity index is 1.15. The lowest BCUT2D eigenvalue weighted by molar-refractivity contribution is -0.137. The van der Waals surface area contributed by atoms with Crippen LogP contribution in [0.5, 0.6) is 0 Å². The molecule has 46 heavy (non-hydrogen) atoms. The minimum atomic E-state index is -4.81. The van der Waals surface area contributed by atoms with Crippen LogP contribution in [-0.4, -0.2) is 66.5 Å². The van der Waals surface area contributed by atoms with Crippen molar-refractivity contribution in [2.24, 2.45) is 0 Å². The number of carbonyl (C=O) groups excluding carboxylic acids is 2. The molecule has 3 heterocycles. The third kappa shape index (κ3) is 6.64. The zero-order valence-corrected chi connectivity index (χ0v) is 25.2. The quantitative estimate of drug-likeness (QED) is 0.256. The average molecular weight is 634 g/mol. The van der Waals surface area contributed by atoms with Crippen LogP contribution in [0.2, 0.25) is 0 Å². The van der Waals surface area contributed by atoms with E-state index in [2.05, 4.69) is 49.6 Å². The third-order valence-electron chi connectivity index (χ3n) is 8.15. The SMILES string of the molecule is Cc1ccc(NC(=O)c2cc(F)cc(C(F)(F)F)c2)cc1N1CCc2nc(Nc3ccc(N4CCN(C)CC4)cc3)ncc2C1=O. The van der Waals surface area contributed by atoms with Gasteiger partial charge in [-0.05, 0) is 74.1 Å². The molecule has 0 spiro atoms. The minimum Gasteiger partial charge on any atom is -0.369 e. The molecule has 0 atom stereocenters. The molecule has 0 unspecified atom stereocenters. The molecule has 2 aliphatic rings. The average Bonchev–Trinajstić information content (AvgIpc) is 3.02. The smallest absolute Gasteiger partial charge is 0.369 e. The van der Waals surface area contributed by atoms with Crippen LogP contribution in [0.4, 0.5) is 46.3 Å². The zero-order chi connectivity index (χ0) is 32.6. The van der Waals surface area contributed by atoms with Crippen LogP contribution in [0.25, 0.3) is 0 Å². The number of amides is 2. The van der Waals surface area contributed by atoms with E-state index in [1.165, 1.54) is 6.20 Å². The van der Waals surface area contributed by atoms with Crippen LogP contribution in [0.1, 0.15) is 37.5 Å². The van der Waals surface area contributed by atoms with Crippen molar-refractivity contribution in [3.63, 3.8) is 0 Å². The van der Waals surface area contributed by atoms with Crippen molar-refractivity contribution in [2.75, 3.05) is 60.2 Å². The van der Waals surface area contributed by atoms with Crippen molar-refractivity contribution in [3.8, 4) is 0 Å². The Kier molecular flexibility index (Phi) is 8.34. The van der Waals surface area contributed by atoms with Crippen molar-refractivity contribution < 1.29 is 27.2 Å². The second-order valence-electron chi connectivity index (χ2n) is 11.4. The lowest BCUT2D eigenvalue weighted by Crippen LogP contribution is -2.44. The Morgan fingerprint density at radius 2 is 1.63 bits per heavy atom. The highest BCUT2D eigenvalue weighted by Crippen LogP contribution is 2.32. The Morgan fingerprint density at radius 1 is 0.913 bits per heavy atom. The van der Waals surface area contributed by atoms with E-state index in [1.54, 1.807) is 30.0 Å². The number of anilines is 5. The number of aromatic nitrogens is 2. The van der Waals surface area contributed by atoms with E-state index < -0.39 is 29.0 Å². The van der Waals surface area contributed by atoms with Gasteiger partial charge < -0.3 is 25.3 Å². The molecule has 9 nitrogen and oxygen atoms in total. The summed E-state index contributed by atoms with van der Waals surface area (Å²) in [5, 5.41) is 5.72. The van der Waals surface area contributed by atoms with E-state index in [4.69, 9.17) is 0 Å². The van der Waals surface area contributed by atoms with E-state index in [-0.39, 0.29) is 11.6 Å². The highest BCUT2D eigenvalue weighted by Gasteiger charge is 2.32. The number of piperazine rings is 1. The topological polar surface area (TPSA) is 93.7 Å². The van der Waals surface area contributed by atoms with Gasteiger partial charge in [-0.25, -0.2) is 14.4 Å². The van der Waals surface area contributed by atoms with Crippen molar-refractivity contribution in [2.45, 2.75) is 19.5 Å². The number of benzene rings is 3. The van der Waals surface area contributed by atoms with Crippen molar-refractivity contribution in [1.82, 2.24) is 14.9 Å². The Labute approximate surface area is 262 Å².